The monoisotopic (exact) mass is 387 g/mol. The first-order valence-corrected chi connectivity index (χ1v) is 9.31. The van der Waals surface area contributed by atoms with Gasteiger partial charge in [-0.25, -0.2) is 13.2 Å². The van der Waals surface area contributed by atoms with Crippen molar-refractivity contribution in [2.24, 2.45) is 0 Å². The van der Waals surface area contributed by atoms with Crippen LogP contribution in [0.3, 0.4) is 0 Å². The van der Waals surface area contributed by atoms with Gasteiger partial charge in [0.05, 0.1) is 0 Å². The number of hydrogen-bond donors (Lipinski definition) is 1. The molecule has 2 aliphatic rings. The van der Waals surface area contributed by atoms with Crippen molar-refractivity contribution in [3.63, 3.8) is 0 Å². The lowest BCUT2D eigenvalue weighted by Crippen LogP contribution is -2.51. The Bertz CT molecular complexity index is 943. The maximum Gasteiger partial charge on any atom is 0.248 e. The van der Waals surface area contributed by atoms with Gasteiger partial charge in [0.1, 0.15) is 17.3 Å². The number of alkyl halides is 2. The van der Waals surface area contributed by atoms with Gasteiger partial charge in [0.25, 0.3) is 0 Å². The minimum absolute atomic E-state index is 0.0439. The molecule has 1 aliphatic heterocycles. The Morgan fingerprint density at radius 3 is 2.18 bits per heavy atom. The summed E-state index contributed by atoms with van der Waals surface area (Å²) in [4.78, 5) is 25.9. The molecule has 1 N–H and O–H groups in total. The van der Waals surface area contributed by atoms with Gasteiger partial charge in [-0.3, -0.25) is 9.59 Å². The molecule has 0 aromatic heterocycles. The second kappa shape index (κ2) is 6.47. The predicted molar refractivity (Wildman–Crippen MR) is 98.6 cm³/mol. The standard InChI is InChI=1S/C22H20F3NO2/c1-13-2-3-15(14-4-6-16(23)7-5-14)12-17(13)18-19(27)21(26-20(18)28)8-10-22(24,25)11-9-21/h2-7,12,18H,8-11H2,1H3,(H,26,28). The number of carbonyl (C=O) groups is 2. The molecule has 1 saturated carbocycles. The van der Waals surface area contributed by atoms with Crippen molar-refractivity contribution < 1.29 is 22.8 Å². The maximum atomic E-state index is 13.6. The summed E-state index contributed by atoms with van der Waals surface area (Å²) >= 11 is 0. The number of nitrogens with one attached hydrogen (secondary N) is 1. The van der Waals surface area contributed by atoms with Gasteiger partial charge in [-0.05, 0) is 60.2 Å². The van der Waals surface area contributed by atoms with E-state index in [1.165, 1.54) is 12.1 Å². The van der Waals surface area contributed by atoms with Crippen LogP contribution in [-0.4, -0.2) is 23.2 Å². The molecule has 1 spiro atoms. The topological polar surface area (TPSA) is 46.2 Å². The Labute approximate surface area is 160 Å². The highest BCUT2D eigenvalue weighted by molar-refractivity contribution is 6.17. The average molecular weight is 387 g/mol. The van der Waals surface area contributed by atoms with Crippen LogP contribution in [0.5, 0.6) is 0 Å². The molecule has 1 amide bonds. The third-order valence-electron chi connectivity index (χ3n) is 5.96. The van der Waals surface area contributed by atoms with E-state index in [9.17, 15) is 22.8 Å². The number of ketones is 1. The van der Waals surface area contributed by atoms with E-state index >= 15 is 0 Å². The van der Waals surface area contributed by atoms with Crippen LogP contribution in [-0.2, 0) is 9.59 Å². The van der Waals surface area contributed by atoms with Crippen molar-refractivity contribution in [2.45, 2.75) is 50.0 Å². The minimum Gasteiger partial charge on any atom is -0.343 e. The van der Waals surface area contributed by atoms with Gasteiger partial charge in [-0.15, -0.1) is 0 Å². The third-order valence-corrected chi connectivity index (χ3v) is 5.96. The fourth-order valence-electron chi connectivity index (χ4n) is 4.23. The van der Waals surface area contributed by atoms with Crippen molar-refractivity contribution >= 4 is 11.7 Å². The highest BCUT2D eigenvalue weighted by Crippen LogP contribution is 2.45. The Morgan fingerprint density at radius 2 is 1.54 bits per heavy atom. The Hall–Kier alpha value is -2.63. The van der Waals surface area contributed by atoms with E-state index in [4.69, 9.17) is 0 Å². The van der Waals surface area contributed by atoms with Crippen molar-refractivity contribution in [1.29, 1.82) is 0 Å². The number of benzene rings is 2. The normalized spacial score (nSPS) is 23.1. The number of aryl methyl sites for hydroxylation is 1. The number of carbonyl (C=O) groups excluding carboxylic acids is 2. The smallest absolute Gasteiger partial charge is 0.248 e. The quantitative estimate of drug-likeness (QED) is 0.770. The van der Waals surface area contributed by atoms with Crippen molar-refractivity contribution in [3.8, 4) is 11.1 Å². The van der Waals surface area contributed by atoms with Gasteiger partial charge in [0, 0.05) is 12.8 Å². The Morgan fingerprint density at radius 1 is 0.929 bits per heavy atom. The van der Waals surface area contributed by atoms with Crippen LogP contribution >= 0.6 is 0 Å². The third kappa shape index (κ3) is 3.11. The molecule has 2 fully saturated rings. The molecule has 146 valence electrons. The van der Waals surface area contributed by atoms with E-state index in [0.717, 1.165) is 16.7 Å². The number of Topliss-reactive ketones (excluding diaryl/α,β-unsaturated/α-hetero) is 1. The van der Waals surface area contributed by atoms with Crippen LogP contribution in [0.4, 0.5) is 13.2 Å². The lowest BCUT2D eigenvalue weighted by atomic mass is 9.75. The molecule has 6 heteroatoms. The van der Waals surface area contributed by atoms with E-state index in [2.05, 4.69) is 5.32 Å². The lowest BCUT2D eigenvalue weighted by Gasteiger charge is -2.35. The van der Waals surface area contributed by atoms with Gasteiger partial charge in [-0.1, -0.05) is 24.3 Å². The molecule has 1 heterocycles. The zero-order valence-corrected chi connectivity index (χ0v) is 15.4. The Kier molecular flexibility index (Phi) is 4.32. The van der Waals surface area contributed by atoms with E-state index < -0.39 is 36.1 Å². The van der Waals surface area contributed by atoms with Crippen LogP contribution in [0.15, 0.2) is 42.5 Å². The summed E-state index contributed by atoms with van der Waals surface area (Å²) < 4.78 is 40.3. The average Bonchev–Trinajstić information content (AvgIpc) is 2.90. The summed E-state index contributed by atoms with van der Waals surface area (Å²) in [6, 6.07) is 11.4. The van der Waals surface area contributed by atoms with Gasteiger partial charge in [-0.2, -0.15) is 0 Å². The van der Waals surface area contributed by atoms with Crippen LogP contribution in [0.1, 0.15) is 42.7 Å². The van der Waals surface area contributed by atoms with Crippen molar-refractivity contribution in [2.75, 3.05) is 0 Å². The molecule has 1 saturated heterocycles. The molecule has 2 aromatic carbocycles. The molecule has 1 atom stereocenters. The van der Waals surface area contributed by atoms with Gasteiger partial charge < -0.3 is 5.32 Å². The lowest BCUT2D eigenvalue weighted by molar-refractivity contribution is -0.128. The van der Waals surface area contributed by atoms with E-state index in [-0.39, 0.29) is 24.4 Å². The summed E-state index contributed by atoms with van der Waals surface area (Å²) in [7, 11) is 0. The second-order valence-electron chi connectivity index (χ2n) is 7.80. The summed E-state index contributed by atoms with van der Waals surface area (Å²) in [6.45, 7) is 1.81. The van der Waals surface area contributed by atoms with Gasteiger partial charge >= 0.3 is 0 Å². The highest BCUT2D eigenvalue weighted by Gasteiger charge is 2.56. The highest BCUT2D eigenvalue weighted by atomic mass is 19.3. The van der Waals surface area contributed by atoms with Gasteiger partial charge in [0.15, 0.2) is 5.78 Å². The van der Waals surface area contributed by atoms with Crippen molar-refractivity contribution in [1.82, 2.24) is 5.32 Å². The number of halogens is 3. The molecule has 28 heavy (non-hydrogen) atoms. The minimum atomic E-state index is -2.78. The molecule has 0 radical (unpaired) electrons. The molecule has 2 aromatic rings. The largest absolute Gasteiger partial charge is 0.343 e. The molecule has 0 bridgehead atoms. The number of amides is 1. The molecular formula is C22H20F3NO2. The van der Waals surface area contributed by atoms with Crippen LogP contribution in [0, 0.1) is 12.7 Å². The van der Waals surface area contributed by atoms with Crippen LogP contribution < -0.4 is 5.32 Å². The number of hydrogen-bond acceptors (Lipinski definition) is 2. The molecule has 4 rings (SSSR count). The van der Waals surface area contributed by atoms with E-state index in [0.29, 0.717) is 5.56 Å². The van der Waals surface area contributed by atoms with Crippen LogP contribution in [0.25, 0.3) is 11.1 Å². The van der Waals surface area contributed by atoms with E-state index in [1.807, 2.05) is 19.1 Å². The Balaban J connectivity index is 1.69. The summed E-state index contributed by atoms with van der Waals surface area (Å²) in [6.07, 6.45) is -0.893. The summed E-state index contributed by atoms with van der Waals surface area (Å²) in [5.41, 5.74) is 1.68. The summed E-state index contributed by atoms with van der Waals surface area (Å²) in [5.74, 6) is -4.90. The number of rotatable bonds is 2. The first-order chi connectivity index (χ1) is 13.2. The molecule has 3 nitrogen and oxygen atoms in total. The first kappa shape index (κ1) is 18.7. The van der Waals surface area contributed by atoms with Crippen LogP contribution in [0.2, 0.25) is 0 Å². The predicted octanol–water partition coefficient (Wildman–Crippen LogP) is 4.53. The van der Waals surface area contributed by atoms with E-state index in [1.54, 1.807) is 18.2 Å². The second-order valence-corrected chi connectivity index (χ2v) is 7.80. The zero-order valence-electron chi connectivity index (χ0n) is 15.4. The fourth-order valence-corrected chi connectivity index (χ4v) is 4.23. The molecule has 1 aliphatic carbocycles. The molecule has 1 unspecified atom stereocenters. The fraction of sp³-hybridized carbons (Fsp3) is 0.364. The van der Waals surface area contributed by atoms with Crippen molar-refractivity contribution in [3.05, 3.63) is 59.4 Å². The SMILES string of the molecule is Cc1ccc(-c2ccc(F)cc2)cc1C1C(=O)NC2(CCC(F)(F)CC2)C1=O. The molecular weight excluding hydrogens is 367 g/mol. The first-order valence-electron chi connectivity index (χ1n) is 9.31. The van der Waals surface area contributed by atoms with Gasteiger partial charge in [0.2, 0.25) is 11.8 Å². The summed E-state index contributed by atoms with van der Waals surface area (Å²) in [5, 5.41) is 2.73. The maximum absolute atomic E-state index is 13.6. The zero-order chi connectivity index (χ0) is 20.1.